The first-order valence-corrected chi connectivity index (χ1v) is 12.5. The Morgan fingerprint density at radius 2 is 1.94 bits per heavy atom. The molecule has 0 saturated heterocycles. The lowest BCUT2D eigenvalue weighted by Crippen LogP contribution is -2.30. The third kappa shape index (κ3) is 6.96. The van der Waals surface area contributed by atoms with Crippen LogP contribution in [-0.4, -0.2) is 61.5 Å². The number of aliphatic hydroxyl groups is 1. The minimum absolute atomic E-state index is 0.0980. The van der Waals surface area contributed by atoms with Crippen LogP contribution >= 0.6 is 11.8 Å². The number of aliphatic hydroxyl groups excluding tert-OH is 1. The number of pyridine rings is 1. The highest BCUT2D eigenvalue weighted by molar-refractivity contribution is 7.99. The average Bonchev–Trinajstić information content (AvgIpc) is 2.77. The van der Waals surface area contributed by atoms with E-state index in [1.54, 1.807) is 33.1 Å². The van der Waals surface area contributed by atoms with Crippen molar-refractivity contribution in [2.45, 2.75) is 36.8 Å². The second-order valence-corrected chi connectivity index (χ2v) is 9.59. The zero-order chi connectivity index (χ0) is 22.9. The number of methoxy groups -OCH3 is 1. The zero-order valence-corrected chi connectivity index (χ0v) is 19.9. The van der Waals surface area contributed by atoms with Gasteiger partial charge in [0, 0.05) is 25.0 Å². The van der Waals surface area contributed by atoms with Crippen molar-refractivity contribution in [2.75, 3.05) is 32.6 Å². The quantitative estimate of drug-likeness (QED) is 0.477. The Bertz CT molecular complexity index is 958. The van der Waals surface area contributed by atoms with Crippen molar-refractivity contribution in [1.82, 2.24) is 9.29 Å². The van der Waals surface area contributed by atoms with E-state index >= 15 is 0 Å². The molecular weight excluding hydrogens is 436 g/mol. The summed E-state index contributed by atoms with van der Waals surface area (Å²) in [5.41, 5.74) is 1.00. The van der Waals surface area contributed by atoms with Gasteiger partial charge in [-0.3, -0.25) is 0 Å². The molecule has 1 N–H and O–H groups in total. The summed E-state index contributed by atoms with van der Waals surface area (Å²) in [7, 11) is -1.95. The van der Waals surface area contributed by atoms with Gasteiger partial charge in [-0.05, 0) is 36.8 Å². The highest BCUT2D eigenvalue weighted by Crippen LogP contribution is 2.29. The van der Waals surface area contributed by atoms with Crippen molar-refractivity contribution in [2.24, 2.45) is 0 Å². The van der Waals surface area contributed by atoms with Crippen LogP contribution in [0.3, 0.4) is 0 Å². The Morgan fingerprint density at radius 1 is 1.19 bits per heavy atom. The van der Waals surface area contributed by atoms with Gasteiger partial charge in [-0.25, -0.2) is 13.4 Å². The standard InChI is InChI=1S/C22H30N2O5S2/c1-5-8-17-9-11-20(21(13-17)28-4)29-15-18(25)16-30-22-12-10-19(14-23-22)31(26,27)24(6-2)7-3/h5,8-14,18,25H,6-7,15-16H2,1-4H3/b8-5+. The number of rotatable bonds is 12. The molecule has 2 aromatic rings. The van der Waals surface area contributed by atoms with Gasteiger partial charge in [0.1, 0.15) is 11.5 Å². The number of nitrogens with zero attached hydrogens (tertiary/aromatic N) is 2. The summed E-state index contributed by atoms with van der Waals surface area (Å²) in [4.78, 5) is 4.38. The van der Waals surface area contributed by atoms with Crippen LogP contribution in [0.2, 0.25) is 0 Å². The van der Waals surface area contributed by atoms with Gasteiger partial charge in [0.15, 0.2) is 11.5 Å². The lowest BCUT2D eigenvalue weighted by Gasteiger charge is -2.18. The van der Waals surface area contributed by atoms with E-state index in [4.69, 9.17) is 9.47 Å². The minimum atomic E-state index is -3.53. The summed E-state index contributed by atoms with van der Waals surface area (Å²) >= 11 is 1.33. The van der Waals surface area contributed by atoms with Gasteiger partial charge >= 0.3 is 0 Å². The fourth-order valence-corrected chi connectivity index (χ4v) is 4.99. The molecule has 0 spiro atoms. The van der Waals surface area contributed by atoms with Gasteiger partial charge in [-0.1, -0.05) is 32.1 Å². The lowest BCUT2D eigenvalue weighted by molar-refractivity contribution is 0.124. The van der Waals surface area contributed by atoms with E-state index in [0.29, 0.717) is 35.4 Å². The van der Waals surface area contributed by atoms with Crippen molar-refractivity contribution < 1.29 is 23.0 Å². The number of aromatic nitrogens is 1. The molecule has 0 radical (unpaired) electrons. The molecular formula is C22H30N2O5S2. The highest BCUT2D eigenvalue weighted by atomic mass is 32.2. The number of hydrogen-bond acceptors (Lipinski definition) is 7. The molecule has 0 aliphatic rings. The van der Waals surface area contributed by atoms with E-state index in [1.807, 2.05) is 37.3 Å². The van der Waals surface area contributed by atoms with Crippen molar-refractivity contribution in [3.05, 3.63) is 48.2 Å². The fraction of sp³-hybridized carbons (Fsp3) is 0.409. The first kappa shape index (κ1) is 25.2. The maximum atomic E-state index is 12.5. The Kier molecular flexibility index (Phi) is 9.83. The maximum Gasteiger partial charge on any atom is 0.244 e. The second kappa shape index (κ2) is 12.1. The number of allylic oxidation sites excluding steroid dienone is 1. The molecule has 0 saturated carbocycles. The molecule has 0 aliphatic carbocycles. The van der Waals surface area contributed by atoms with Gasteiger partial charge in [0.05, 0.1) is 18.2 Å². The monoisotopic (exact) mass is 466 g/mol. The molecule has 1 aromatic carbocycles. The summed E-state index contributed by atoms with van der Waals surface area (Å²) in [6.07, 6.45) is 4.53. The lowest BCUT2D eigenvalue weighted by atomic mass is 10.2. The highest BCUT2D eigenvalue weighted by Gasteiger charge is 2.21. The van der Waals surface area contributed by atoms with E-state index in [1.165, 1.54) is 22.3 Å². The van der Waals surface area contributed by atoms with E-state index in [0.717, 1.165) is 5.56 Å². The molecule has 1 atom stereocenters. The number of ether oxygens (including phenoxy) is 2. The Hall–Kier alpha value is -2.07. The van der Waals surface area contributed by atoms with Gasteiger partial charge in [-0.15, -0.1) is 11.8 Å². The van der Waals surface area contributed by atoms with Crippen LogP contribution in [0.15, 0.2) is 52.5 Å². The third-order valence-electron chi connectivity index (χ3n) is 4.45. The summed E-state index contributed by atoms with van der Waals surface area (Å²) in [5.74, 6) is 1.51. The van der Waals surface area contributed by atoms with Crippen LogP contribution in [0, 0.1) is 0 Å². The van der Waals surface area contributed by atoms with E-state index in [-0.39, 0.29) is 11.5 Å². The second-order valence-electron chi connectivity index (χ2n) is 6.61. The van der Waals surface area contributed by atoms with Gasteiger partial charge in [0.25, 0.3) is 0 Å². The first-order chi connectivity index (χ1) is 14.8. The van der Waals surface area contributed by atoms with Crippen LogP contribution in [-0.2, 0) is 10.0 Å². The van der Waals surface area contributed by atoms with Crippen LogP contribution in [0.5, 0.6) is 11.5 Å². The van der Waals surface area contributed by atoms with Crippen LogP contribution in [0.25, 0.3) is 6.08 Å². The molecule has 2 rings (SSSR count). The smallest absolute Gasteiger partial charge is 0.244 e. The molecule has 31 heavy (non-hydrogen) atoms. The predicted octanol–water partition coefficient (Wildman–Crippen LogP) is 3.69. The van der Waals surface area contributed by atoms with Crippen LogP contribution in [0.4, 0.5) is 0 Å². The van der Waals surface area contributed by atoms with Crippen LogP contribution < -0.4 is 9.47 Å². The summed E-state index contributed by atoms with van der Waals surface area (Å²) < 4.78 is 37.5. The molecule has 1 unspecified atom stereocenters. The number of benzene rings is 1. The fourth-order valence-electron chi connectivity index (χ4n) is 2.83. The van der Waals surface area contributed by atoms with Crippen molar-refractivity contribution in [3.63, 3.8) is 0 Å². The zero-order valence-electron chi connectivity index (χ0n) is 18.3. The van der Waals surface area contributed by atoms with Crippen molar-refractivity contribution >= 4 is 27.9 Å². The summed E-state index contributed by atoms with van der Waals surface area (Å²) in [6.45, 7) is 6.45. The van der Waals surface area contributed by atoms with E-state index in [9.17, 15) is 13.5 Å². The van der Waals surface area contributed by atoms with Gasteiger partial charge in [0.2, 0.25) is 10.0 Å². The molecule has 1 aromatic heterocycles. The summed E-state index contributed by atoms with van der Waals surface area (Å²) in [6, 6.07) is 8.79. The van der Waals surface area contributed by atoms with Gasteiger partial charge in [-0.2, -0.15) is 4.31 Å². The largest absolute Gasteiger partial charge is 0.493 e. The maximum absolute atomic E-state index is 12.5. The molecule has 0 bridgehead atoms. The SMILES string of the molecule is C/C=C/c1ccc(OCC(O)CSc2ccc(S(=O)(=O)N(CC)CC)cn2)c(OC)c1. The predicted molar refractivity (Wildman–Crippen MR) is 124 cm³/mol. The molecule has 0 aliphatic heterocycles. The molecule has 1 heterocycles. The normalized spacial score (nSPS) is 13.0. The Balaban J connectivity index is 1.91. The number of hydrogen-bond donors (Lipinski definition) is 1. The molecule has 0 amide bonds. The number of thioether (sulfide) groups is 1. The molecule has 0 fully saturated rings. The van der Waals surface area contributed by atoms with Gasteiger partial charge < -0.3 is 14.6 Å². The topological polar surface area (TPSA) is 89.0 Å². The van der Waals surface area contributed by atoms with E-state index in [2.05, 4.69) is 4.98 Å². The molecule has 170 valence electrons. The van der Waals surface area contributed by atoms with Crippen molar-refractivity contribution in [1.29, 1.82) is 0 Å². The van der Waals surface area contributed by atoms with E-state index < -0.39 is 16.1 Å². The first-order valence-electron chi connectivity index (χ1n) is 10.1. The summed E-state index contributed by atoms with van der Waals surface area (Å²) in [5, 5.41) is 10.9. The van der Waals surface area contributed by atoms with Crippen molar-refractivity contribution in [3.8, 4) is 11.5 Å². The third-order valence-corrected chi connectivity index (χ3v) is 7.58. The minimum Gasteiger partial charge on any atom is -0.493 e. The Labute approximate surface area is 189 Å². The molecule has 9 heteroatoms. The number of sulfonamides is 1. The molecule has 7 nitrogen and oxygen atoms in total. The average molecular weight is 467 g/mol. The Morgan fingerprint density at radius 3 is 2.52 bits per heavy atom. The van der Waals surface area contributed by atoms with Crippen LogP contribution in [0.1, 0.15) is 26.3 Å².